The van der Waals surface area contributed by atoms with Gasteiger partial charge in [0.2, 0.25) is 0 Å². The van der Waals surface area contributed by atoms with Crippen molar-refractivity contribution in [3.63, 3.8) is 0 Å². The third-order valence-corrected chi connectivity index (χ3v) is 6.44. The SMILES string of the molecule is CNc1cccc(CCO)n1.CNc1cccc(CCOc2ccc(CS(=O)(=O)CC(=O)OC)cc2)n1. The maximum absolute atomic E-state index is 11.9. The van der Waals surface area contributed by atoms with E-state index in [4.69, 9.17) is 9.84 Å². The number of pyridine rings is 2. The molecule has 10 nitrogen and oxygen atoms in total. The van der Waals surface area contributed by atoms with E-state index in [1.807, 2.05) is 50.5 Å². The molecule has 0 fully saturated rings. The van der Waals surface area contributed by atoms with E-state index in [0.29, 0.717) is 30.8 Å². The van der Waals surface area contributed by atoms with Gasteiger partial charge in [-0.15, -0.1) is 0 Å². The third-order valence-electron chi connectivity index (χ3n) is 5.00. The van der Waals surface area contributed by atoms with E-state index >= 15 is 0 Å². The molecule has 2 heterocycles. The Morgan fingerprint density at radius 1 is 0.892 bits per heavy atom. The van der Waals surface area contributed by atoms with Gasteiger partial charge in [-0.2, -0.15) is 0 Å². The number of ether oxygens (including phenoxy) is 2. The van der Waals surface area contributed by atoms with Crippen LogP contribution in [0, 0.1) is 0 Å². The van der Waals surface area contributed by atoms with Crippen LogP contribution in [0.25, 0.3) is 0 Å². The first kappa shape index (κ1) is 29.5. The van der Waals surface area contributed by atoms with Crippen molar-refractivity contribution in [2.45, 2.75) is 18.6 Å². The maximum atomic E-state index is 11.9. The Morgan fingerprint density at radius 2 is 1.46 bits per heavy atom. The van der Waals surface area contributed by atoms with Crippen LogP contribution in [0.2, 0.25) is 0 Å². The third kappa shape index (κ3) is 11.3. The van der Waals surface area contributed by atoms with Crippen molar-refractivity contribution >= 4 is 27.4 Å². The highest BCUT2D eigenvalue weighted by Crippen LogP contribution is 2.15. The van der Waals surface area contributed by atoms with Gasteiger partial charge in [-0.3, -0.25) is 4.79 Å². The number of rotatable bonds is 12. The number of aromatic nitrogens is 2. The van der Waals surface area contributed by atoms with Crippen LogP contribution in [0.4, 0.5) is 11.6 Å². The second-order valence-electron chi connectivity index (χ2n) is 7.85. The molecule has 3 aromatic rings. The normalized spacial score (nSPS) is 10.6. The number of carbonyl (C=O) groups is 1. The summed E-state index contributed by atoms with van der Waals surface area (Å²) in [5.74, 6) is 0.685. The number of carbonyl (C=O) groups excluding carboxylic acids is 1. The molecule has 200 valence electrons. The Balaban J connectivity index is 0.000000364. The lowest BCUT2D eigenvalue weighted by molar-refractivity contribution is -0.137. The van der Waals surface area contributed by atoms with Crippen LogP contribution in [-0.4, -0.2) is 69.6 Å². The summed E-state index contributed by atoms with van der Waals surface area (Å²) in [6.07, 6.45) is 1.28. The van der Waals surface area contributed by atoms with Crippen molar-refractivity contribution < 1.29 is 27.8 Å². The average Bonchev–Trinajstić information content (AvgIpc) is 2.90. The molecule has 0 spiro atoms. The molecule has 11 heteroatoms. The molecule has 1 aromatic carbocycles. The van der Waals surface area contributed by atoms with Crippen LogP contribution in [0.3, 0.4) is 0 Å². The second kappa shape index (κ2) is 15.4. The molecule has 0 atom stereocenters. The minimum absolute atomic E-state index is 0.153. The zero-order chi connectivity index (χ0) is 27.1. The lowest BCUT2D eigenvalue weighted by Gasteiger charge is -2.08. The summed E-state index contributed by atoms with van der Waals surface area (Å²) < 4.78 is 33.8. The molecule has 0 saturated carbocycles. The fraction of sp³-hybridized carbons (Fsp3) is 0.346. The first-order valence-electron chi connectivity index (χ1n) is 11.7. The Hall–Kier alpha value is -3.70. The Labute approximate surface area is 218 Å². The summed E-state index contributed by atoms with van der Waals surface area (Å²) in [4.78, 5) is 19.7. The summed E-state index contributed by atoms with van der Waals surface area (Å²) in [5, 5.41) is 14.5. The average molecular weight is 531 g/mol. The number of methoxy groups -OCH3 is 1. The molecule has 0 aliphatic heterocycles. The van der Waals surface area contributed by atoms with Crippen LogP contribution >= 0.6 is 0 Å². The summed E-state index contributed by atoms with van der Waals surface area (Å²) in [5.41, 5.74) is 2.42. The molecule has 2 aromatic heterocycles. The number of nitrogens with one attached hydrogen (secondary N) is 2. The van der Waals surface area contributed by atoms with Gasteiger partial charge < -0.3 is 25.2 Å². The highest BCUT2D eigenvalue weighted by atomic mass is 32.2. The zero-order valence-electron chi connectivity index (χ0n) is 21.3. The molecule has 0 saturated heterocycles. The van der Waals surface area contributed by atoms with Gasteiger partial charge in [-0.05, 0) is 42.0 Å². The summed E-state index contributed by atoms with van der Waals surface area (Å²) in [6.45, 7) is 0.611. The van der Waals surface area contributed by atoms with E-state index in [2.05, 4.69) is 25.3 Å². The first-order chi connectivity index (χ1) is 17.8. The molecule has 0 aliphatic rings. The van der Waals surface area contributed by atoms with Crippen molar-refractivity contribution in [2.24, 2.45) is 0 Å². The van der Waals surface area contributed by atoms with Crippen LogP contribution in [0.1, 0.15) is 17.0 Å². The van der Waals surface area contributed by atoms with Crippen molar-refractivity contribution in [3.8, 4) is 5.75 Å². The van der Waals surface area contributed by atoms with Gasteiger partial charge in [0.05, 0.1) is 19.5 Å². The highest BCUT2D eigenvalue weighted by molar-refractivity contribution is 7.91. The van der Waals surface area contributed by atoms with E-state index in [-0.39, 0.29) is 12.4 Å². The number of benzene rings is 1. The molecule has 0 bridgehead atoms. The first-order valence-corrected chi connectivity index (χ1v) is 13.5. The molecule has 3 N–H and O–H groups in total. The van der Waals surface area contributed by atoms with E-state index < -0.39 is 21.6 Å². The lowest BCUT2D eigenvalue weighted by Crippen LogP contribution is -2.18. The molecule has 0 aliphatic carbocycles. The number of hydrogen-bond donors (Lipinski definition) is 3. The lowest BCUT2D eigenvalue weighted by atomic mass is 10.2. The Bertz CT molecular complexity index is 1220. The number of aliphatic hydroxyl groups excluding tert-OH is 1. The number of sulfone groups is 1. The predicted molar refractivity (Wildman–Crippen MR) is 144 cm³/mol. The fourth-order valence-electron chi connectivity index (χ4n) is 3.13. The van der Waals surface area contributed by atoms with Crippen LogP contribution in [0.15, 0.2) is 60.7 Å². The van der Waals surface area contributed by atoms with E-state index in [0.717, 1.165) is 30.1 Å². The topological polar surface area (TPSA) is 140 Å². The standard InChI is InChI=1S/C18H22N2O5S.C8H12N2O/c1-19-17-5-3-4-15(20-17)10-11-25-16-8-6-14(7-9-16)12-26(22,23)13-18(21)24-2;1-9-8-4-2-3-7(10-8)5-6-11/h3-9H,10-13H2,1-2H3,(H,19,20);2-4,11H,5-6H2,1H3,(H,9,10). The van der Waals surface area contributed by atoms with Crippen molar-refractivity contribution in [3.05, 3.63) is 77.6 Å². The molecule has 0 radical (unpaired) electrons. The van der Waals surface area contributed by atoms with Gasteiger partial charge in [0, 0.05) is 44.9 Å². The zero-order valence-corrected chi connectivity index (χ0v) is 22.1. The molecule has 37 heavy (non-hydrogen) atoms. The quantitative estimate of drug-likeness (QED) is 0.299. The van der Waals surface area contributed by atoms with Crippen LogP contribution in [0.5, 0.6) is 5.75 Å². The minimum atomic E-state index is -3.55. The van der Waals surface area contributed by atoms with E-state index in [9.17, 15) is 13.2 Å². The van der Waals surface area contributed by atoms with Crippen LogP contribution in [-0.2, 0) is 38.0 Å². The molecular weight excluding hydrogens is 496 g/mol. The largest absolute Gasteiger partial charge is 0.493 e. The van der Waals surface area contributed by atoms with E-state index in [1.54, 1.807) is 24.3 Å². The summed E-state index contributed by atoms with van der Waals surface area (Å²) in [6, 6.07) is 18.2. The molecular formula is C26H34N4O6S. The summed E-state index contributed by atoms with van der Waals surface area (Å²) in [7, 11) is 1.25. The maximum Gasteiger partial charge on any atom is 0.320 e. The Morgan fingerprint density at radius 3 is 1.97 bits per heavy atom. The fourth-order valence-corrected chi connectivity index (χ4v) is 4.41. The van der Waals surface area contributed by atoms with E-state index in [1.165, 1.54) is 0 Å². The minimum Gasteiger partial charge on any atom is -0.493 e. The van der Waals surface area contributed by atoms with Gasteiger partial charge in [-0.1, -0.05) is 24.3 Å². The van der Waals surface area contributed by atoms with Crippen molar-refractivity contribution in [1.29, 1.82) is 0 Å². The van der Waals surface area contributed by atoms with Gasteiger partial charge >= 0.3 is 5.97 Å². The monoisotopic (exact) mass is 530 g/mol. The van der Waals surface area contributed by atoms with Gasteiger partial charge in [-0.25, -0.2) is 18.4 Å². The predicted octanol–water partition coefficient (Wildman–Crippen LogP) is 2.49. The summed E-state index contributed by atoms with van der Waals surface area (Å²) >= 11 is 0. The van der Waals surface area contributed by atoms with Crippen molar-refractivity contribution in [2.75, 3.05) is 50.8 Å². The number of anilines is 2. The molecule has 0 unspecified atom stereocenters. The molecule has 0 amide bonds. The van der Waals surface area contributed by atoms with Crippen molar-refractivity contribution in [1.82, 2.24) is 9.97 Å². The van der Waals surface area contributed by atoms with Gasteiger partial charge in [0.1, 0.15) is 23.1 Å². The highest BCUT2D eigenvalue weighted by Gasteiger charge is 2.17. The number of hydrogen-bond acceptors (Lipinski definition) is 10. The number of esters is 1. The number of nitrogens with zero attached hydrogens (tertiary/aromatic N) is 2. The Kier molecular flexibility index (Phi) is 12.3. The van der Waals surface area contributed by atoms with Gasteiger partial charge in [0.25, 0.3) is 0 Å². The smallest absolute Gasteiger partial charge is 0.320 e. The van der Waals surface area contributed by atoms with Gasteiger partial charge in [0.15, 0.2) is 9.84 Å². The second-order valence-corrected chi connectivity index (χ2v) is 9.92. The van der Waals surface area contributed by atoms with Crippen LogP contribution < -0.4 is 15.4 Å². The number of aliphatic hydroxyl groups is 1. The molecule has 3 rings (SSSR count).